The Morgan fingerprint density at radius 1 is 1.21 bits per heavy atom. The maximum absolute atomic E-state index is 11.7. The second kappa shape index (κ2) is 5.41. The number of rotatable bonds is 4. The van der Waals surface area contributed by atoms with Crippen LogP contribution in [-0.2, 0) is 15.1 Å². The van der Waals surface area contributed by atoms with Crippen molar-refractivity contribution in [1.29, 1.82) is 0 Å². The summed E-state index contributed by atoms with van der Waals surface area (Å²) in [6, 6.07) is 14.0. The van der Waals surface area contributed by atoms with Gasteiger partial charge in [-0.1, -0.05) is 42.5 Å². The first kappa shape index (κ1) is 13.6. The summed E-state index contributed by atoms with van der Waals surface area (Å²) in [5.74, 6) is -0.263. The molecule has 1 unspecified atom stereocenters. The van der Waals surface area contributed by atoms with E-state index in [4.69, 9.17) is 10.5 Å². The zero-order chi connectivity index (χ0) is 13.9. The molecule has 0 heterocycles. The van der Waals surface area contributed by atoms with Gasteiger partial charge in [0.1, 0.15) is 0 Å². The molecule has 3 heteroatoms. The second-order valence-corrected chi connectivity index (χ2v) is 4.93. The van der Waals surface area contributed by atoms with Gasteiger partial charge in [0.15, 0.2) is 0 Å². The van der Waals surface area contributed by atoms with Crippen molar-refractivity contribution in [3.05, 3.63) is 48.0 Å². The Labute approximate surface area is 113 Å². The van der Waals surface area contributed by atoms with Crippen LogP contribution in [0.15, 0.2) is 42.5 Å². The summed E-state index contributed by atoms with van der Waals surface area (Å²) in [6.45, 7) is 4.04. The number of esters is 1. The number of carbonyl (C=O) groups is 1. The molecule has 0 bridgehead atoms. The number of fused-ring (bicyclic) bond motifs is 1. The van der Waals surface area contributed by atoms with Crippen LogP contribution < -0.4 is 5.73 Å². The van der Waals surface area contributed by atoms with E-state index in [-0.39, 0.29) is 12.4 Å². The van der Waals surface area contributed by atoms with Gasteiger partial charge in [-0.05, 0) is 30.2 Å². The van der Waals surface area contributed by atoms with Crippen LogP contribution in [0.2, 0.25) is 0 Å². The molecule has 0 amide bonds. The van der Waals surface area contributed by atoms with Crippen LogP contribution in [0.25, 0.3) is 10.8 Å². The fourth-order valence-corrected chi connectivity index (χ4v) is 2.33. The molecule has 0 aliphatic rings. The van der Waals surface area contributed by atoms with Gasteiger partial charge in [-0.15, -0.1) is 0 Å². The largest absolute Gasteiger partial charge is 0.466 e. The van der Waals surface area contributed by atoms with Crippen molar-refractivity contribution in [2.45, 2.75) is 25.8 Å². The summed E-state index contributed by atoms with van der Waals surface area (Å²) >= 11 is 0. The minimum atomic E-state index is -0.729. The van der Waals surface area contributed by atoms with Crippen LogP contribution in [0.5, 0.6) is 0 Å². The number of ether oxygens (including phenoxy) is 1. The Morgan fingerprint density at radius 3 is 2.63 bits per heavy atom. The van der Waals surface area contributed by atoms with E-state index in [9.17, 15) is 4.79 Å². The van der Waals surface area contributed by atoms with E-state index in [1.807, 2.05) is 49.4 Å². The minimum absolute atomic E-state index is 0.175. The Kier molecular flexibility index (Phi) is 3.86. The summed E-state index contributed by atoms with van der Waals surface area (Å²) in [7, 11) is 0. The summed E-state index contributed by atoms with van der Waals surface area (Å²) in [4.78, 5) is 11.7. The highest BCUT2D eigenvalue weighted by atomic mass is 16.5. The third-order valence-corrected chi connectivity index (χ3v) is 3.22. The molecule has 100 valence electrons. The molecule has 1 atom stereocenters. The molecule has 0 aliphatic heterocycles. The molecular formula is C16H19NO2. The maximum atomic E-state index is 11.7. The standard InChI is InChI=1S/C16H19NO2/c1-3-19-15(18)11-16(2,17)14-10-6-8-12-7-4-5-9-13(12)14/h4-10H,3,11,17H2,1-2H3. The first-order valence-electron chi connectivity index (χ1n) is 6.47. The summed E-state index contributed by atoms with van der Waals surface area (Å²) in [6.07, 6.45) is 0.175. The van der Waals surface area contributed by atoms with E-state index in [0.29, 0.717) is 6.61 Å². The van der Waals surface area contributed by atoms with E-state index in [2.05, 4.69) is 0 Å². The van der Waals surface area contributed by atoms with Crippen molar-refractivity contribution in [2.24, 2.45) is 5.73 Å². The lowest BCUT2D eigenvalue weighted by molar-refractivity contribution is -0.144. The Balaban J connectivity index is 2.39. The van der Waals surface area contributed by atoms with Gasteiger partial charge >= 0.3 is 5.97 Å². The Bertz CT molecular complexity index is 585. The molecule has 2 aromatic carbocycles. The Hall–Kier alpha value is -1.87. The highest BCUT2D eigenvalue weighted by Gasteiger charge is 2.27. The van der Waals surface area contributed by atoms with Crippen LogP contribution in [-0.4, -0.2) is 12.6 Å². The smallest absolute Gasteiger partial charge is 0.307 e. The number of nitrogens with two attached hydrogens (primary N) is 1. The van der Waals surface area contributed by atoms with Crippen molar-refractivity contribution in [3.8, 4) is 0 Å². The second-order valence-electron chi connectivity index (χ2n) is 4.93. The zero-order valence-electron chi connectivity index (χ0n) is 11.3. The SMILES string of the molecule is CCOC(=O)CC(C)(N)c1cccc2ccccc12. The van der Waals surface area contributed by atoms with Gasteiger partial charge in [-0.25, -0.2) is 0 Å². The van der Waals surface area contributed by atoms with Crippen LogP contribution in [0.4, 0.5) is 0 Å². The van der Waals surface area contributed by atoms with Gasteiger partial charge in [0.05, 0.1) is 13.0 Å². The molecule has 0 saturated carbocycles. The van der Waals surface area contributed by atoms with Gasteiger partial charge in [0.2, 0.25) is 0 Å². The van der Waals surface area contributed by atoms with Crippen LogP contribution in [0.3, 0.4) is 0 Å². The molecule has 2 aromatic rings. The summed E-state index contributed by atoms with van der Waals surface area (Å²) < 4.78 is 4.99. The van der Waals surface area contributed by atoms with Gasteiger partial charge < -0.3 is 10.5 Å². The highest BCUT2D eigenvalue weighted by molar-refractivity contribution is 5.87. The molecule has 3 nitrogen and oxygen atoms in total. The molecule has 0 fully saturated rings. The number of carbonyl (C=O) groups excluding carboxylic acids is 1. The van der Waals surface area contributed by atoms with Gasteiger partial charge in [0, 0.05) is 5.54 Å². The first-order valence-corrected chi connectivity index (χ1v) is 6.47. The lowest BCUT2D eigenvalue weighted by Crippen LogP contribution is -2.36. The van der Waals surface area contributed by atoms with Gasteiger partial charge in [0.25, 0.3) is 0 Å². The third kappa shape index (κ3) is 2.93. The predicted octanol–water partition coefficient (Wildman–Crippen LogP) is 2.97. The van der Waals surface area contributed by atoms with Crippen molar-refractivity contribution < 1.29 is 9.53 Å². The molecule has 0 saturated heterocycles. The number of hydrogen-bond acceptors (Lipinski definition) is 3. The minimum Gasteiger partial charge on any atom is -0.466 e. The van der Waals surface area contributed by atoms with Crippen LogP contribution in [0, 0.1) is 0 Å². The summed E-state index contributed by atoms with van der Waals surface area (Å²) in [5.41, 5.74) is 6.58. The number of benzene rings is 2. The zero-order valence-corrected chi connectivity index (χ0v) is 11.3. The van der Waals surface area contributed by atoms with Crippen molar-refractivity contribution in [1.82, 2.24) is 0 Å². The van der Waals surface area contributed by atoms with E-state index >= 15 is 0 Å². The highest BCUT2D eigenvalue weighted by Crippen LogP contribution is 2.29. The van der Waals surface area contributed by atoms with Crippen LogP contribution in [0.1, 0.15) is 25.8 Å². The van der Waals surface area contributed by atoms with E-state index in [1.54, 1.807) is 6.92 Å². The van der Waals surface area contributed by atoms with Crippen molar-refractivity contribution in [2.75, 3.05) is 6.61 Å². The fourth-order valence-electron chi connectivity index (χ4n) is 2.33. The molecule has 0 radical (unpaired) electrons. The monoisotopic (exact) mass is 257 g/mol. The van der Waals surface area contributed by atoms with E-state index in [1.165, 1.54) is 0 Å². The topological polar surface area (TPSA) is 52.3 Å². The van der Waals surface area contributed by atoms with Crippen molar-refractivity contribution in [3.63, 3.8) is 0 Å². The van der Waals surface area contributed by atoms with Gasteiger partial charge in [-0.2, -0.15) is 0 Å². The lowest BCUT2D eigenvalue weighted by Gasteiger charge is -2.25. The molecule has 0 aliphatic carbocycles. The van der Waals surface area contributed by atoms with Crippen molar-refractivity contribution >= 4 is 16.7 Å². The molecular weight excluding hydrogens is 238 g/mol. The summed E-state index contributed by atoms with van der Waals surface area (Å²) in [5, 5.41) is 2.21. The first-order chi connectivity index (χ1) is 9.04. The van der Waals surface area contributed by atoms with E-state index in [0.717, 1.165) is 16.3 Å². The average molecular weight is 257 g/mol. The lowest BCUT2D eigenvalue weighted by atomic mass is 9.86. The Morgan fingerprint density at radius 2 is 1.89 bits per heavy atom. The molecule has 19 heavy (non-hydrogen) atoms. The van der Waals surface area contributed by atoms with Crippen LogP contribution >= 0.6 is 0 Å². The molecule has 0 spiro atoms. The molecule has 0 aromatic heterocycles. The predicted molar refractivity (Wildman–Crippen MR) is 76.7 cm³/mol. The third-order valence-electron chi connectivity index (χ3n) is 3.22. The quantitative estimate of drug-likeness (QED) is 0.857. The normalized spacial score (nSPS) is 14.1. The van der Waals surface area contributed by atoms with Gasteiger partial charge in [-0.3, -0.25) is 4.79 Å². The molecule has 2 N–H and O–H groups in total. The average Bonchev–Trinajstić information content (AvgIpc) is 2.37. The molecule has 2 rings (SSSR count). The fraction of sp³-hybridized carbons (Fsp3) is 0.312. The van der Waals surface area contributed by atoms with E-state index < -0.39 is 5.54 Å². The maximum Gasteiger partial charge on any atom is 0.307 e. The number of hydrogen-bond donors (Lipinski definition) is 1.